The van der Waals surface area contributed by atoms with E-state index in [1.54, 1.807) is 4.90 Å². The first-order chi connectivity index (χ1) is 10.7. The van der Waals surface area contributed by atoms with Gasteiger partial charge in [0.05, 0.1) is 25.2 Å². The Morgan fingerprint density at radius 3 is 2.48 bits per heavy atom. The SMILES string of the molecule is COC(=O)[C@@H]1CCC[C@H]1[C@@H](O)[C@@H]1CCCN1C(=O)OC(C)(C)C. The highest BCUT2D eigenvalue weighted by molar-refractivity contribution is 5.73. The molecule has 1 aliphatic heterocycles. The van der Waals surface area contributed by atoms with Crippen LogP contribution in [0.15, 0.2) is 0 Å². The minimum absolute atomic E-state index is 0.143. The number of carbonyl (C=O) groups is 2. The normalized spacial score (nSPS) is 29.4. The van der Waals surface area contributed by atoms with Gasteiger partial charge in [0.25, 0.3) is 0 Å². The van der Waals surface area contributed by atoms with Crippen molar-refractivity contribution in [3.05, 3.63) is 0 Å². The van der Waals surface area contributed by atoms with E-state index < -0.39 is 11.7 Å². The number of likely N-dealkylation sites (tertiary alicyclic amines) is 1. The molecule has 1 saturated carbocycles. The average molecular weight is 327 g/mol. The predicted octanol–water partition coefficient (Wildman–Crippen LogP) is 2.34. The topological polar surface area (TPSA) is 76.1 Å². The van der Waals surface area contributed by atoms with Crippen molar-refractivity contribution >= 4 is 12.1 Å². The van der Waals surface area contributed by atoms with Gasteiger partial charge in [0, 0.05) is 12.5 Å². The molecule has 1 heterocycles. The fourth-order valence-corrected chi connectivity index (χ4v) is 3.82. The Balaban J connectivity index is 2.06. The summed E-state index contributed by atoms with van der Waals surface area (Å²) in [7, 11) is 1.38. The van der Waals surface area contributed by atoms with E-state index in [-0.39, 0.29) is 29.9 Å². The lowest BCUT2D eigenvalue weighted by atomic mass is 9.86. The van der Waals surface area contributed by atoms with Gasteiger partial charge in [-0.25, -0.2) is 4.79 Å². The molecule has 0 bridgehead atoms. The second-order valence-corrected chi connectivity index (χ2v) is 7.60. The molecule has 1 N–H and O–H groups in total. The van der Waals surface area contributed by atoms with Gasteiger partial charge in [0.1, 0.15) is 5.60 Å². The number of aliphatic hydroxyl groups excluding tert-OH is 1. The summed E-state index contributed by atoms with van der Waals surface area (Å²) in [6, 6.07) is -0.278. The van der Waals surface area contributed by atoms with Gasteiger partial charge < -0.3 is 19.5 Å². The zero-order valence-corrected chi connectivity index (χ0v) is 14.6. The fraction of sp³-hybridized carbons (Fsp3) is 0.882. The zero-order chi connectivity index (χ0) is 17.2. The lowest BCUT2D eigenvalue weighted by Crippen LogP contribution is -2.48. The van der Waals surface area contributed by atoms with E-state index in [4.69, 9.17) is 9.47 Å². The second-order valence-electron chi connectivity index (χ2n) is 7.60. The summed E-state index contributed by atoms with van der Waals surface area (Å²) in [6.07, 6.45) is 2.93. The van der Waals surface area contributed by atoms with Gasteiger partial charge in [-0.2, -0.15) is 0 Å². The summed E-state index contributed by atoms with van der Waals surface area (Å²) in [5.41, 5.74) is -0.558. The predicted molar refractivity (Wildman–Crippen MR) is 84.8 cm³/mol. The first-order valence-electron chi connectivity index (χ1n) is 8.50. The van der Waals surface area contributed by atoms with Crippen LogP contribution in [0.4, 0.5) is 4.79 Å². The largest absolute Gasteiger partial charge is 0.469 e. The van der Waals surface area contributed by atoms with E-state index in [1.165, 1.54) is 7.11 Å². The smallest absolute Gasteiger partial charge is 0.410 e. The van der Waals surface area contributed by atoms with E-state index in [2.05, 4.69) is 0 Å². The van der Waals surface area contributed by atoms with Crippen LogP contribution in [0.2, 0.25) is 0 Å². The Labute approximate surface area is 138 Å². The third-order valence-corrected chi connectivity index (χ3v) is 4.83. The van der Waals surface area contributed by atoms with Gasteiger partial charge in [-0.15, -0.1) is 0 Å². The van der Waals surface area contributed by atoms with Crippen molar-refractivity contribution in [2.45, 2.75) is 70.6 Å². The number of aliphatic hydroxyl groups is 1. The third-order valence-electron chi connectivity index (χ3n) is 4.83. The maximum atomic E-state index is 12.4. The number of esters is 1. The van der Waals surface area contributed by atoms with E-state index >= 15 is 0 Å². The third kappa shape index (κ3) is 4.16. The molecule has 2 aliphatic rings. The summed E-state index contributed by atoms with van der Waals surface area (Å²) in [6.45, 7) is 6.08. The minimum atomic E-state index is -0.711. The Hall–Kier alpha value is -1.30. The number of amides is 1. The number of ether oxygens (including phenoxy) is 2. The molecular weight excluding hydrogens is 298 g/mol. The molecule has 2 fully saturated rings. The van der Waals surface area contributed by atoms with Crippen LogP contribution >= 0.6 is 0 Å². The Bertz CT molecular complexity index is 445. The molecule has 1 saturated heterocycles. The van der Waals surface area contributed by atoms with Gasteiger partial charge in [0.2, 0.25) is 0 Å². The summed E-state index contributed by atoms with van der Waals surface area (Å²) >= 11 is 0. The number of methoxy groups -OCH3 is 1. The zero-order valence-electron chi connectivity index (χ0n) is 14.6. The molecule has 0 aromatic rings. The molecule has 0 aromatic carbocycles. The highest BCUT2D eigenvalue weighted by Crippen LogP contribution is 2.38. The van der Waals surface area contributed by atoms with Crippen LogP contribution in [0.1, 0.15) is 52.9 Å². The second kappa shape index (κ2) is 7.07. The molecule has 23 heavy (non-hydrogen) atoms. The minimum Gasteiger partial charge on any atom is -0.469 e. The Kier molecular flexibility index (Phi) is 5.55. The van der Waals surface area contributed by atoms with Gasteiger partial charge in [-0.05, 0) is 46.5 Å². The van der Waals surface area contributed by atoms with Crippen LogP contribution in [0.5, 0.6) is 0 Å². The summed E-state index contributed by atoms with van der Waals surface area (Å²) < 4.78 is 10.3. The summed E-state index contributed by atoms with van der Waals surface area (Å²) in [5, 5.41) is 10.8. The first-order valence-corrected chi connectivity index (χ1v) is 8.50. The maximum Gasteiger partial charge on any atom is 0.410 e. The number of nitrogens with zero attached hydrogens (tertiary/aromatic N) is 1. The van der Waals surface area contributed by atoms with Gasteiger partial charge in [-0.1, -0.05) is 6.42 Å². The number of hydrogen-bond donors (Lipinski definition) is 1. The van der Waals surface area contributed by atoms with Crippen molar-refractivity contribution < 1.29 is 24.2 Å². The van der Waals surface area contributed by atoms with Crippen molar-refractivity contribution in [3.8, 4) is 0 Å². The first kappa shape index (κ1) is 18.0. The standard InChI is InChI=1S/C17H29NO5/c1-17(2,3)23-16(21)18-10-6-9-13(18)14(19)11-7-5-8-12(11)15(20)22-4/h11-14,19H,5-10H2,1-4H3/t11-,12-,13+,14-/m1/s1. The van der Waals surface area contributed by atoms with E-state index in [0.29, 0.717) is 6.54 Å². The van der Waals surface area contributed by atoms with Gasteiger partial charge in [-0.3, -0.25) is 4.79 Å². The molecule has 6 heteroatoms. The molecule has 0 spiro atoms. The summed E-state index contributed by atoms with van der Waals surface area (Å²) in [5.74, 6) is -0.667. The average Bonchev–Trinajstić information content (AvgIpc) is 3.12. The van der Waals surface area contributed by atoms with Crippen LogP contribution in [0.25, 0.3) is 0 Å². The molecule has 1 aliphatic carbocycles. The molecule has 6 nitrogen and oxygen atoms in total. The molecule has 1 amide bonds. The molecule has 132 valence electrons. The number of hydrogen-bond acceptors (Lipinski definition) is 5. The highest BCUT2D eigenvalue weighted by atomic mass is 16.6. The summed E-state index contributed by atoms with van der Waals surface area (Å²) in [4.78, 5) is 25.9. The van der Waals surface area contributed by atoms with Gasteiger partial charge in [0.15, 0.2) is 0 Å². The van der Waals surface area contributed by atoms with E-state index in [9.17, 15) is 14.7 Å². The highest BCUT2D eigenvalue weighted by Gasteiger charge is 2.45. The van der Waals surface area contributed by atoms with E-state index in [1.807, 2.05) is 20.8 Å². The van der Waals surface area contributed by atoms with Crippen LogP contribution in [0.3, 0.4) is 0 Å². The van der Waals surface area contributed by atoms with Gasteiger partial charge >= 0.3 is 12.1 Å². The van der Waals surface area contributed by atoms with Crippen molar-refractivity contribution in [2.24, 2.45) is 11.8 Å². The quantitative estimate of drug-likeness (QED) is 0.805. The van der Waals surface area contributed by atoms with Crippen LogP contribution < -0.4 is 0 Å². The van der Waals surface area contributed by atoms with Crippen LogP contribution in [-0.4, -0.2) is 53.5 Å². The van der Waals surface area contributed by atoms with Crippen molar-refractivity contribution in [1.82, 2.24) is 4.90 Å². The maximum absolute atomic E-state index is 12.4. The van der Waals surface area contributed by atoms with Crippen LogP contribution in [-0.2, 0) is 14.3 Å². The van der Waals surface area contributed by atoms with Crippen molar-refractivity contribution in [3.63, 3.8) is 0 Å². The van der Waals surface area contributed by atoms with Crippen molar-refractivity contribution in [1.29, 1.82) is 0 Å². The molecule has 2 rings (SSSR count). The lowest BCUT2D eigenvalue weighted by molar-refractivity contribution is -0.148. The monoisotopic (exact) mass is 327 g/mol. The molecular formula is C17H29NO5. The molecule has 0 aromatic heterocycles. The van der Waals surface area contributed by atoms with Crippen molar-refractivity contribution in [2.75, 3.05) is 13.7 Å². The van der Waals surface area contributed by atoms with Crippen LogP contribution in [0, 0.1) is 11.8 Å². The van der Waals surface area contributed by atoms with E-state index in [0.717, 1.165) is 32.1 Å². The Morgan fingerprint density at radius 1 is 1.17 bits per heavy atom. The lowest BCUT2D eigenvalue weighted by Gasteiger charge is -2.34. The number of carbonyl (C=O) groups excluding carboxylic acids is 2. The molecule has 0 radical (unpaired) electrons. The fourth-order valence-electron chi connectivity index (χ4n) is 3.82. The molecule has 0 unspecified atom stereocenters. The molecule has 4 atom stereocenters. The number of rotatable bonds is 3. The Morgan fingerprint density at radius 2 is 1.87 bits per heavy atom.